The molecule has 0 spiro atoms. The fourth-order valence-electron chi connectivity index (χ4n) is 2.83. The van der Waals surface area contributed by atoms with Crippen LogP contribution in [0.15, 0.2) is 24.7 Å². The molecule has 3 rings (SSSR count). The Hall–Kier alpha value is -1.62. The molecule has 2 aromatic heterocycles. The number of nitrogens with zero attached hydrogens (tertiary/aromatic N) is 4. The second-order valence-corrected chi connectivity index (χ2v) is 5.03. The summed E-state index contributed by atoms with van der Waals surface area (Å²) in [6.45, 7) is 3.11. The van der Waals surface area contributed by atoms with Crippen molar-refractivity contribution < 1.29 is 0 Å². The molecule has 96 valence electrons. The van der Waals surface area contributed by atoms with Crippen molar-refractivity contribution in [2.75, 3.05) is 11.4 Å². The van der Waals surface area contributed by atoms with Crippen LogP contribution in [-0.2, 0) is 0 Å². The molecule has 0 aliphatic carbocycles. The van der Waals surface area contributed by atoms with E-state index in [9.17, 15) is 0 Å². The molecular formula is C13H19N5. The van der Waals surface area contributed by atoms with Gasteiger partial charge in [0.2, 0.25) is 0 Å². The van der Waals surface area contributed by atoms with E-state index < -0.39 is 0 Å². The average molecular weight is 245 g/mol. The fourth-order valence-corrected chi connectivity index (χ4v) is 2.83. The van der Waals surface area contributed by atoms with E-state index >= 15 is 0 Å². The first-order chi connectivity index (χ1) is 8.77. The Balaban J connectivity index is 2.03. The zero-order valence-electron chi connectivity index (χ0n) is 10.7. The first-order valence-corrected chi connectivity index (χ1v) is 6.58. The van der Waals surface area contributed by atoms with Crippen molar-refractivity contribution in [1.29, 1.82) is 0 Å². The third-order valence-corrected chi connectivity index (χ3v) is 3.73. The van der Waals surface area contributed by atoms with Gasteiger partial charge in [-0.1, -0.05) is 0 Å². The molecule has 0 radical (unpaired) electrons. The second-order valence-electron chi connectivity index (χ2n) is 5.03. The van der Waals surface area contributed by atoms with Crippen molar-refractivity contribution >= 4 is 11.3 Å². The molecule has 1 fully saturated rings. The average Bonchev–Trinajstić information content (AvgIpc) is 2.86. The van der Waals surface area contributed by atoms with Gasteiger partial charge in [0.1, 0.15) is 5.52 Å². The third kappa shape index (κ3) is 1.84. The predicted octanol–water partition coefficient (Wildman–Crippen LogP) is 1.44. The van der Waals surface area contributed by atoms with E-state index in [0.717, 1.165) is 24.3 Å². The number of fused-ring (bicyclic) bond motifs is 1. The van der Waals surface area contributed by atoms with Crippen LogP contribution in [0.3, 0.4) is 0 Å². The van der Waals surface area contributed by atoms with Gasteiger partial charge in [-0.25, -0.2) is 9.50 Å². The van der Waals surface area contributed by atoms with E-state index in [4.69, 9.17) is 5.73 Å². The monoisotopic (exact) mass is 245 g/mol. The lowest BCUT2D eigenvalue weighted by Crippen LogP contribution is -2.49. The van der Waals surface area contributed by atoms with Crippen LogP contribution >= 0.6 is 0 Å². The standard InChI is InChI=1S/C13H19N5/c1-10(14)11-4-2-3-8-17(11)13-12-5-6-16-18(12)9-7-15-13/h5-7,9-11H,2-4,8,14H2,1H3. The van der Waals surface area contributed by atoms with Crippen molar-refractivity contribution in [3.05, 3.63) is 24.7 Å². The van der Waals surface area contributed by atoms with Gasteiger partial charge in [0.05, 0.1) is 6.20 Å². The molecule has 2 unspecified atom stereocenters. The minimum absolute atomic E-state index is 0.162. The molecule has 0 amide bonds. The molecule has 0 bridgehead atoms. The van der Waals surface area contributed by atoms with E-state index in [1.54, 1.807) is 0 Å². The Kier molecular flexibility index (Phi) is 2.91. The summed E-state index contributed by atoms with van der Waals surface area (Å²) in [6.07, 6.45) is 9.11. The van der Waals surface area contributed by atoms with Crippen molar-refractivity contribution in [3.63, 3.8) is 0 Å². The highest BCUT2D eigenvalue weighted by Gasteiger charge is 2.27. The molecule has 3 heterocycles. The molecule has 1 saturated heterocycles. The lowest BCUT2D eigenvalue weighted by molar-refractivity contribution is 0.411. The number of aromatic nitrogens is 3. The van der Waals surface area contributed by atoms with Gasteiger partial charge in [0, 0.05) is 31.0 Å². The van der Waals surface area contributed by atoms with Gasteiger partial charge in [-0.05, 0) is 32.3 Å². The maximum absolute atomic E-state index is 6.12. The molecule has 2 aromatic rings. The lowest BCUT2D eigenvalue weighted by Gasteiger charge is -2.39. The quantitative estimate of drug-likeness (QED) is 0.869. The fraction of sp³-hybridized carbons (Fsp3) is 0.538. The SMILES string of the molecule is CC(N)C1CCCCN1c1nccn2nccc12. The Morgan fingerprint density at radius 3 is 3.11 bits per heavy atom. The Morgan fingerprint density at radius 1 is 1.39 bits per heavy atom. The number of hydrogen-bond acceptors (Lipinski definition) is 4. The largest absolute Gasteiger partial charge is 0.350 e. The smallest absolute Gasteiger partial charge is 0.154 e. The van der Waals surface area contributed by atoms with E-state index in [1.807, 2.05) is 29.2 Å². The summed E-state index contributed by atoms with van der Waals surface area (Å²) in [7, 11) is 0. The molecule has 0 saturated carbocycles. The molecule has 1 aliphatic heterocycles. The molecule has 5 nitrogen and oxygen atoms in total. The predicted molar refractivity (Wildman–Crippen MR) is 71.6 cm³/mol. The molecule has 1 aliphatic rings. The Bertz CT molecular complexity index is 533. The van der Waals surface area contributed by atoms with E-state index in [-0.39, 0.29) is 6.04 Å². The summed E-state index contributed by atoms with van der Waals surface area (Å²) >= 11 is 0. The number of anilines is 1. The van der Waals surface area contributed by atoms with Crippen LogP contribution in [0, 0.1) is 0 Å². The van der Waals surface area contributed by atoms with Gasteiger partial charge >= 0.3 is 0 Å². The van der Waals surface area contributed by atoms with Gasteiger partial charge in [-0.2, -0.15) is 5.10 Å². The summed E-state index contributed by atoms with van der Waals surface area (Å²) in [5.74, 6) is 1.01. The van der Waals surface area contributed by atoms with Gasteiger partial charge in [-0.15, -0.1) is 0 Å². The van der Waals surface area contributed by atoms with Crippen LogP contribution in [-0.4, -0.2) is 33.2 Å². The highest BCUT2D eigenvalue weighted by atomic mass is 15.3. The van der Waals surface area contributed by atoms with Gasteiger partial charge in [-0.3, -0.25) is 0 Å². The van der Waals surface area contributed by atoms with Gasteiger partial charge in [0.15, 0.2) is 5.82 Å². The normalized spacial score (nSPS) is 22.3. The van der Waals surface area contributed by atoms with Crippen LogP contribution in [0.2, 0.25) is 0 Å². The first kappa shape index (κ1) is 11.5. The third-order valence-electron chi connectivity index (χ3n) is 3.73. The summed E-state index contributed by atoms with van der Waals surface area (Å²) in [5, 5.41) is 4.26. The van der Waals surface area contributed by atoms with Gasteiger partial charge < -0.3 is 10.6 Å². The highest BCUT2D eigenvalue weighted by Crippen LogP contribution is 2.27. The van der Waals surface area contributed by atoms with Crippen LogP contribution in [0.25, 0.3) is 5.52 Å². The van der Waals surface area contributed by atoms with Crippen LogP contribution < -0.4 is 10.6 Å². The summed E-state index contributed by atoms with van der Waals surface area (Å²) in [5.41, 5.74) is 7.18. The highest BCUT2D eigenvalue weighted by molar-refractivity contribution is 5.68. The number of hydrogen-bond donors (Lipinski definition) is 1. The van der Waals surface area contributed by atoms with Gasteiger partial charge in [0.25, 0.3) is 0 Å². The maximum Gasteiger partial charge on any atom is 0.154 e. The molecule has 2 atom stereocenters. The number of nitrogens with two attached hydrogens (primary N) is 1. The molecule has 0 aromatic carbocycles. The van der Waals surface area contributed by atoms with Crippen LogP contribution in [0.1, 0.15) is 26.2 Å². The van der Waals surface area contributed by atoms with Crippen molar-refractivity contribution in [1.82, 2.24) is 14.6 Å². The van der Waals surface area contributed by atoms with E-state index in [0.29, 0.717) is 6.04 Å². The second kappa shape index (κ2) is 4.57. The van der Waals surface area contributed by atoms with Crippen LogP contribution in [0.5, 0.6) is 0 Å². The zero-order valence-corrected chi connectivity index (χ0v) is 10.7. The number of rotatable bonds is 2. The molecular weight excluding hydrogens is 226 g/mol. The maximum atomic E-state index is 6.12. The molecule has 5 heteroatoms. The van der Waals surface area contributed by atoms with E-state index in [2.05, 4.69) is 21.9 Å². The summed E-state index contributed by atoms with van der Waals surface area (Å²) in [4.78, 5) is 6.90. The topological polar surface area (TPSA) is 59.5 Å². The zero-order chi connectivity index (χ0) is 12.5. The van der Waals surface area contributed by atoms with Crippen molar-refractivity contribution in [2.24, 2.45) is 5.73 Å². The summed E-state index contributed by atoms with van der Waals surface area (Å²) in [6, 6.07) is 2.55. The summed E-state index contributed by atoms with van der Waals surface area (Å²) < 4.78 is 1.87. The molecule has 2 N–H and O–H groups in total. The van der Waals surface area contributed by atoms with Crippen LogP contribution in [0.4, 0.5) is 5.82 Å². The number of piperidine rings is 1. The first-order valence-electron chi connectivity index (χ1n) is 6.58. The lowest BCUT2D eigenvalue weighted by atomic mass is 9.97. The van der Waals surface area contributed by atoms with Crippen molar-refractivity contribution in [2.45, 2.75) is 38.3 Å². The van der Waals surface area contributed by atoms with Crippen molar-refractivity contribution in [3.8, 4) is 0 Å². The Labute approximate surface area is 107 Å². The molecule has 18 heavy (non-hydrogen) atoms. The van der Waals surface area contributed by atoms with E-state index in [1.165, 1.54) is 12.8 Å². The Morgan fingerprint density at radius 2 is 2.28 bits per heavy atom. The minimum atomic E-state index is 0.162. The minimum Gasteiger partial charge on any atom is -0.350 e.